The van der Waals surface area contributed by atoms with E-state index in [-0.39, 0.29) is 12.3 Å². The number of nitrogens with two attached hydrogens (primary N) is 1. The summed E-state index contributed by atoms with van der Waals surface area (Å²) in [6.07, 6.45) is 5.43. The second-order valence-corrected chi connectivity index (χ2v) is 4.96. The number of rotatable bonds is 9. The van der Waals surface area contributed by atoms with E-state index < -0.39 is 11.8 Å². The van der Waals surface area contributed by atoms with Gasteiger partial charge in [-0.05, 0) is 36.6 Å². The summed E-state index contributed by atoms with van der Waals surface area (Å²) < 4.78 is 0. The van der Waals surface area contributed by atoms with Gasteiger partial charge in [-0.3, -0.25) is 19.6 Å². The molecular formula is C16H21N3O4. The molecule has 0 aliphatic rings. The number of hydrogen-bond donors (Lipinski definition) is 4. The lowest BCUT2D eigenvalue weighted by Gasteiger charge is -2.02. The van der Waals surface area contributed by atoms with E-state index in [9.17, 15) is 14.4 Å². The Labute approximate surface area is 134 Å². The highest BCUT2D eigenvalue weighted by atomic mass is 16.5. The first-order valence-electron chi connectivity index (χ1n) is 7.31. The van der Waals surface area contributed by atoms with E-state index in [0.29, 0.717) is 24.1 Å². The average molecular weight is 319 g/mol. The molecule has 0 aliphatic heterocycles. The van der Waals surface area contributed by atoms with Crippen LogP contribution in [0.15, 0.2) is 30.3 Å². The van der Waals surface area contributed by atoms with E-state index in [1.807, 2.05) is 0 Å². The van der Waals surface area contributed by atoms with Gasteiger partial charge in [0.2, 0.25) is 17.7 Å². The largest absolute Gasteiger partial charge is 0.366 e. The maximum absolute atomic E-state index is 11.6. The highest BCUT2D eigenvalue weighted by Crippen LogP contribution is 2.06. The molecule has 0 bridgehead atoms. The van der Waals surface area contributed by atoms with Crippen molar-refractivity contribution in [1.29, 1.82) is 0 Å². The summed E-state index contributed by atoms with van der Waals surface area (Å²) in [5.41, 5.74) is 7.86. The van der Waals surface area contributed by atoms with Crippen LogP contribution < -0.4 is 16.5 Å². The number of primary amides is 1. The predicted molar refractivity (Wildman–Crippen MR) is 85.4 cm³/mol. The predicted octanol–water partition coefficient (Wildman–Crippen LogP) is 0.981. The Morgan fingerprint density at radius 1 is 1.17 bits per heavy atom. The molecule has 0 heterocycles. The van der Waals surface area contributed by atoms with Crippen molar-refractivity contribution in [2.75, 3.05) is 6.54 Å². The Hall–Kier alpha value is -2.67. The summed E-state index contributed by atoms with van der Waals surface area (Å²) in [6.45, 7) is 0.505. The highest BCUT2D eigenvalue weighted by Gasteiger charge is 2.01. The topological polar surface area (TPSA) is 122 Å². The van der Waals surface area contributed by atoms with Crippen LogP contribution in [0.1, 0.15) is 41.6 Å². The standard InChI is InChI=1S/C16H21N3O4/c17-16(22)13-6-4-5-12(11-13)8-9-14(20)18-10-3-1-2-7-15(21)19-23/h4-6,8-9,11,23H,1-3,7,10H2,(H2,17,22)(H,18,20)(H,19,21). The fraction of sp³-hybridized carbons (Fsp3) is 0.312. The normalized spacial score (nSPS) is 10.5. The molecule has 1 rings (SSSR count). The number of carbonyl (C=O) groups excluding carboxylic acids is 3. The van der Waals surface area contributed by atoms with Crippen LogP contribution in [0.2, 0.25) is 0 Å². The lowest BCUT2D eigenvalue weighted by molar-refractivity contribution is -0.129. The van der Waals surface area contributed by atoms with E-state index in [1.54, 1.807) is 35.8 Å². The summed E-state index contributed by atoms with van der Waals surface area (Å²) >= 11 is 0. The zero-order valence-electron chi connectivity index (χ0n) is 12.7. The molecule has 0 unspecified atom stereocenters. The van der Waals surface area contributed by atoms with Gasteiger partial charge in [0.1, 0.15) is 0 Å². The summed E-state index contributed by atoms with van der Waals surface area (Å²) in [4.78, 5) is 33.5. The zero-order valence-corrected chi connectivity index (χ0v) is 12.7. The number of hydroxylamine groups is 1. The van der Waals surface area contributed by atoms with E-state index in [4.69, 9.17) is 10.9 Å². The first kappa shape index (κ1) is 18.4. The fourth-order valence-electron chi connectivity index (χ4n) is 1.88. The van der Waals surface area contributed by atoms with Crippen LogP contribution in [0, 0.1) is 0 Å². The molecule has 23 heavy (non-hydrogen) atoms. The Kier molecular flexibility index (Phi) is 8.09. The smallest absolute Gasteiger partial charge is 0.248 e. The first-order chi connectivity index (χ1) is 11.0. The molecule has 3 amide bonds. The van der Waals surface area contributed by atoms with Gasteiger partial charge in [0.25, 0.3) is 0 Å². The van der Waals surface area contributed by atoms with Crippen LogP contribution in [0.5, 0.6) is 0 Å². The van der Waals surface area contributed by atoms with Gasteiger partial charge < -0.3 is 11.1 Å². The summed E-state index contributed by atoms with van der Waals surface area (Å²) in [5.74, 6) is -1.16. The van der Waals surface area contributed by atoms with Crippen LogP contribution in [-0.2, 0) is 9.59 Å². The molecule has 1 aromatic rings. The molecule has 0 saturated heterocycles. The van der Waals surface area contributed by atoms with Crippen molar-refractivity contribution in [2.24, 2.45) is 5.73 Å². The van der Waals surface area contributed by atoms with Crippen molar-refractivity contribution in [3.8, 4) is 0 Å². The third kappa shape index (κ3) is 7.77. The molecule has 5 N–H and O–H groups in total. The molecule has 0 aromatic heterocycles. The third-order valence-electron chi connectivity index (χ3n) is 3.10. The molecule has 0 saturated carbocycles. The quantitative estimate of drug-likeness (QED) is 0.234. The van der Waals surface area contributed by atoms with Crippen molar-refractivity contribution < 1.29 is 19.6 Å². The van der Waals surface area contributed by atoms with Crippen LogP contribution >= 0.6 is 0 Å². The van der Waals surface area contributed by atoms with Crippen molar-refractivity contribution in [1.82, 2.24) is 10.8 Å². The second-order valence-electron chi connectivity index (χ2n) is 4.96. The molecule has 0 spiro atoms. The third-order valence-corrected chi connectivity index (χ3v) is 3.10. The van der Waals surface area contributed by atoms with Gasteiger partial charge in [0.15, 0.2) is 0 Å². The minimum atomic E-state index is -0.514. The van der Waals surface area contributed by atoms with Crippen LogP contribution in [-0.4, -0.2) is 29.5 Å². The van der Waals surface area contributed by atoms with Crippen molar-refractivity contribution in [2.45, 2.75) is 25.7 Å². The number of nitrogens with one attached hydrogen (secondary N) is 2. The summed E-state index contributed by atoms with van der Waals surface area (Å²) in [5, 5.41) is 11.0. The maximum Gasteiger partial charge on any atom is 0.248 e. The monoisotopic (exact) mass is 319 g/mol. The van der Waals surface area contributed by atoms with E-state index >= 15 is 0 Å². The summed E-state index contributed by atoms with van der Waals surface area (Å²) in [7, 11) is 0. The van der Waals surface area contributed by atoms with Gasteiger partial charge in [0, 0.05) is 24.6 Å². The number of carbonyl (C=O) groups is 3. The van der Waals surface area contributed by atoms with Crippen molar-refractivity contribution in [3.63, 3.8) is 0 Å². The molecule has 0 aliphatic carbocycles. The van der Waals surface area contributed by atoms with Crippen LogP contribution in [0.4, 0.5) is 0 Å². The molecular weight excluding hydrogens is 298 g/mol. The lowest BCUT2D eigenvalue weighted by atomic mass is 10.1. The number of hydrogen-bond acceptors (Lipinski definition) is 4. The Balaban J connectivity index is 2.27. The molecule has 0 fully saturated rings. The van der Waals surface area contributed by atoms with Gasteiger partial charge in [-0.1, -0.05) is 18.6 Å². The van der Waals surface area contributed by atoms with E-state index in [2.05, 4.69) is 5.32 Å². The lowest BCUT2D eigenvalue weighted by Crippen LogP contribution is -2.22. The summed E-state index contributed by atoms with van der Waals surface area (Å²) in [6, 6.07) is 6.68. The van der Waals surface area contributed by atoms with E-state index in [1.165, 1.54) is 6.08 Å². The molecule has 124 valence electrons. The van der Waals surface area contributed by atoms with Gasteiger partial charge in [-0.2, -0.15) is 0 Å². The van der Waals surface area contributed by atoms with Crippen LogP contribution in [0.25, 0.3) is 6.08 Å². The molecule has 7 heteroatoms. The van der Waals surface area contributed by atoms with E-state index in [0.717, 1.165) is 12.8 Å². The Morgan fingerprint density at radius 2 is 1.96 bits per heavy atom. The number of benzene rings is 1. The average Bonchev–Trinajstić information content (AvgIpc) is 2.56. The molecule has 0 radical (unpaired) electrons. The minimum Gasteiger partial charge on any atom is -0.366 e. The molecule has 0 atom stereocenters. The SMILES string of the molecule is NC(=O)c1cccc(C=CC(=O)NCCCCCC(=O)NO)c1. The van der Waals surface area contributed by atoms with Gasteiger partial charge in [-0.15, -0.1) is 0 Å². The second kappa shape index (κ2) is 10.1. The van der Waals surface area contributed by atoms with Gasteiger partial charge in [-0.25, -0.2) is 5.48 Å². The van der Waals surface area contributed by atoms with Gasteiger partial charge >= 0.3 is 0 Å². The number of amides is 3. The number of unbranched alkanes of at least 4 members (excludes halogenated alkanes) is 2. The van der Waals surface area contributed by atoms with Crippen molar-refractivity contribution >= 4 is 23.8 Å². The first-order valence-corrected chi connectivity index (χ1v) is 7.31. The Bertz CT molecular complexity index is 584. The zero-order chi connectivity index (χ0) is 17.1. The molecule has 7 nitrogen and oxygen atoms in total. The van der Waals surface area contributed by atoms with Gasteiger partial charge in [0.05, 0.1) is 0 Å². The Morgan fingerprint density at radius 3 is 2.65 bits per heavy atom. The highest BCUT2D eigenvalue weighted by molar-refractivity contribution is 5.94. The van der Waals surface area contributed by atoms with Crippen molar-refractivity contribution in [3.05, 3.63) is 41.5 Å². The maximum atomic E-state index is 11.6. The molecule has 1 aromatic carbocycles. The minimum absolute atomic E-state index is 0.234. The van der Waals surface area contributed by atoms with Crippen LogP contribution in [0.3, 0.4) is 0 Å². The fourth-order valence-corrected chi connectivity index (χ4v) is 1.88.